The van der Waals surface area contributed by atoms with Gasteiger partial charge >= 0.3 is 6.09 Å². The Balaban J connectivity index is 1.73. The molecule has 1 aliphatic rings. The predicted octanol–water partition coefficient (Wildman–Crippen LogP) is 3.26. The molecule has 1 amide bonds. The maximum Gasteiger partial charge on any atom is 0.414 e. The molecule has 6 heteroatoms. The number of nitrogens with one attached hydrogen (secondary N) is 1. The fourth-order valence-electron chi connectivity index (χ4n) is 2.83. The van der Waals surface area contributed by atoms with E-state index in [0.29, 0.717) is 19.6 Å². The number of aromatic nitrogens is 1. The van der Waals surface area contributed by atoms with Crippen LogP contribution in [-0.4, -0.2) is 23.4 Å². The summed E-state index contributed by atoms with van der Waals surface area (Å²) in [6.07, 6.45) is 2.12. The van der Waals surface area contributed by atoms with Gasteiger partial charge in [0.15, 0.2) is 0 Å². The molecule has 0 saturated carbocycles. The van der Waals surface area contributed by atoms with E-state index in [4.69, 9.17) is 9.26 Å². The third-order valence-corrected chi connectivity index (χ3v) is 3.80. The Bertz CT molecular complexity index is 705. The van der Waals surface area contributed by atoms with Crippen molar-refractivity contribution in [2.45, 2.75) is 45.9 Å². The van der Waals surface area contributed by atoms with Crippen LogP contribution in [0, 0.1) is 0 Å². The summed E-state index contributed by atoms with van der Waals surface area (Å²) in [4.78, 5) is 14.2. The maximum atomic E-state index is 12.5. The third-order valence-electron chi connectivity index (χ3n) is 3.80. The molecular formula is C18H23N3O3. The maximum absolute atomic E-state index is 12.5. The molecule has 1 aliphatic heterocycles. The zero-order valence-electron chi connectivity index (χ0n) is 14.3. The van der Waals surface area contributed by atoms with E-state index in [-0.39, 0.29) is 6.09 Å². The normalized spacial score (nSPS) is 13.9. The number of nitrogens with zero attached hydrogens (tertiary/aromatic N) is 2. The summed E-state index contributed by atoms with van der Waals surface area (Å²) in [5, 5.41) is 7.22. The van der Waals surface area contributed by atoms with E-state index in [9.17, 15) is 4.79 Å². The van der Waals surface area contributed by atoms with Gasteiger partial charge in [0.05, 0.1) is 11.4 Å². The summed E-state index contributed by atoms with van der Waals surface area (Å²) >= 11 is 0. The summed E-state index contributed by atoms with van der Waals surface area (Å²) < 4.78 is 10.4. The molecule has 0 radical (unpaired) electrons. The number of carbonyl (C=O) groups excluding carboxylic acids is 1. The van der Waals surface area contributed by atoms with Crippen molar-refractivity contribution < 1.29 is 14.1 Å². The molecule has 128 valence electrons. The highest BCUT2D eigenvalue weighted by Gasteiger charge is 2.30. The van der Waals surface area contributed by atoms with Crippen molar-refractivity contribution in [2.24, 2.45) is 0 Å². The Labute approximate surface area is 141 Å². The van der Waals surface area contributed by atoms with E-state index in [1.165, 1.54) is 5.56 Å². The zero-order valence-corrected chi connectivity index (χ0v) is 14.3. The lowest BCUT2D eigenvalue weighted by molar-refractivity contribution is 0.0583. The average Bonchev–Trinajstić information content (AvgIpc) is 3.14. The van der Waals surface area contributed by atoms with E-state index in [2.05, 4.69) is 16.5 Å². The van der Waals surface area contributed by atoms with E-state index >= 15 is 0 Å². The lowest BCUT2D eigenvalue weighted by atomic mass is 10.1. The van der Waals surface area contributed by atoms with Crippen LogP contribution < -0.4 is 10.2 Å². The van der Waals surface area contributed by atoms with Gasteiger partial charge in [0.1, 0.15) is 11.9 Å². The van der Waals surface area contributed by atoms with Crippen molar-refractivity contribution >= 4 is 11.8 Å². The molecule has 1 aromatic carbocycles. The number of fused-ring (bicyclic) bond motifs is 1. The Hall–Kier alpha value is -2.34. The highest BCUT2D eigenvalue weighted by atomic mass is 16.6. The van der Waals surface area contributed by atoms with Gasteiger partial charge in [-0.05, 0) is 38.3 Å². The molecule has 0 fully saturated rings. The number of anilines is 1. The van der Waals surface area contributed by atoms with Crippen LogP contribution in [-0.2, 0) is 24.2 Å². The zero-order chi connectivity index (χ0) is 17.2. The molecule has 0 saturated heterocycles. The average molecular weight is 329 g/mol. The molecule has 0 bridgehead atoms. The van der Waals surface area contributed by atoms with Crippen molar-refractivity contribution in [1.82, 2.24) is 10.5 Å². The van der Waals surface area contributed by atoms with Crippen LogP contribution >= 0.6 is 0 Å². The number of para-hydroxylation sites is 1. The summed E-state index contributed by atoms with van der Waals surface area (Å²) in [6, 6.07) is 7.97. The number of benzene rings is 1. The summed E-state index contributed by atoms with van der Waals surface area (Å²) in [6.45, 7) is 7.57. The van der Waals surface area contributed by atoms with Crippen molar-refractivity contribution in [1.29, 1.82) is 0 Å². The van der Waals surface area contributed by atoms with Crippen molar-refractivity contribution in [2.75, 3.05) is 11.4 Å². The minimum atomic E-state index is -0.500. The summed E-state index contributed by atoms with van der Waals surface area (Å²) in [7, 11) is 0. The largest absolute Gasteiger partial charge is 0.443 e. The van der Waals surface area contributed by atoms with Crippen LogP contribution in [0.2, 0.25) is 0 Å². The van der Waals surface area contributed by atoms with Crippen LogP contribution in [0.4, 0.5) is 10.5 Å². The van der Waals surface area contributed by atoms with E-state index < -0.39 is 5.60 Å². The van der Waals surface area contributed by atoms with Gasteiger partial charge in [-0.15, -0.1) is 0 Å². The Morgan fingerprint density at radius 1 is 1.33 bits per heavy atom. The van der Waals surface area contributed by atoms with Crippen molar-refractivity contribution in [3.05, 3.63) is 47.3 Å². The number of ether oxygens (including phenoxy) is 1. The van der Waals surface area contributed by atoms with Gasteiger partial charge in [-0.25, -0.2) is 4.79 Å². The minimum absolute atomic E-state index is 0.287. The van der Waals surface area contributed by atoms with Crippen molar-refractivity contribution in [3.63, 3.8) is 0 Å². The molecule has 0 aliphatic carbocycles. The Morgan fingerprint density at radius 3 is 2.88 bits per heavy atom. The lowest BCUT2D eigenvalue weighted by Gasteiger charge is -2.26. The number of amides is 1. The Kier molecular flexibility index (Phi) is 4.57. The van der Waals surface area contributed by atoms with Gasteiger partial charge in [-0.1, -0.05) is 23.4 Å². The smallest absolute Gasteiger partial charge is 0.414 e. The third kappa shape index (κ3) is 3.76. The summed E-state index contributed by atoms with van der Waals surface area (Å²) in [5.41, 5.74) is 3.59. The highest BCUT2D eigenvalue weighted by molar-refractivity contribution is 5.91. The van der Waals surface area contributed by atoms with Crippen molar-refractivity contribution in [3.8, 4) is 0 Å². The molecule has 3 rings (SSSR count). The first kappa shape index (κ1) is 16.5. The topological polar surface area (TPSA) is 67.6 Å². The van der Waals surface area contributed by atoms with E-state index in [0.717, 1.165) is 23.4 Å². The fraction of sp³-hybridized carbons (Fsp3) is 0.444. The minimum Gasteiger partial charge on any atom is -0.443 e. The van der Waals surface area contributed by atoms with E-state index in [1.807, 2.05) is 39.0 Å². The number of hydrogen-bond acceptors (Lipinski definition) is 5. The second-order valence-corrected chi connectivity index (χ2v) is 6.90. The first-order valence-electron chi connectivity index (χ1n) is 8.15. The predicted molar refractivity (Wildman–Crippen MR) is 90.8 cm³/mol. The SMILES string of the molecule is CC(C)(C)OC(=O)N1CCc2cccc(CNCc3ccon3)c21. The molecule has 2 heterocycles. The quantitative estimate of drug-likeness (QED) is 0.932. The fourth-order valence-corrected chi connectivity index (χ4v) is 2.83. The Morgan fingerprint density at radius 2 is 2.17 bits per heavy atom. The molecule has 1 N–H and O–H groups in total. The van der Waals surface area contributed by atoms with Crippen LogP contribution in [0.25, 0.3) is 0 Å². The van der Waals surface area contributed by atoms with Crippen LogP contribution in [0.5, 0.6) is 0 Å². The molecule has 0 spiro atoms. The first-order chi connectivity index (χ1) is 11.4. The van der Waals surface area contributed by atoms with Gasteiger partial charge in [0, 0.05) is 25.7 Å². The second-order valence-electron chi connectivity index (χ2n) is 6.90. The van der Waals surface area contributed by atoms with Gasteiger partial charge < -0.3 is 14.6 Å². The lowest BCUT2D eigenvalue weighted by Crippen LogP contribution is -2.36. The van der Waals surface area contributed by atoms with Crippen LogP contribution in [0.1, 0.15) is 37.6 Å². The van der Waals surface area contributed by atoms with E-state index in [1.54, 1.807) is 11.2 Å². The van der Waals surface area contributed by atoms with Gasteiger partial charge in [0.2, 0.25) is 0 Å². The number of rotatable bonds is 4. The number of carbonyl (C=O) groups is 1. The molecular weight excluding hydrogens is 306 g/mol. The molecule has 1 aromatic heterocycles. The molecule has 0 atom stereocenters. The molecule has 24 heavy (non-hydrogen) atoms. The monoisotopic (exact) mass is 329 g/mol. The van der Waals surface area contributed by atoms with Crippen LogP contribution in [0.15, 0.2) is 35.1 Å². The number of hydrogen-bond donors (Lipinski definition) is 1. The van der Waals surface area contributed by atoms with Gasteiger partial charge in [0.25, 0.3) is 0 Å². The molecule has 0 unspecified atom stereocenters. The second kappa shape index (κ2) is 6.65. The summed E-state index contributed by atoms with van der Waals surface area (Å²) in [5.74, 6) is 0. The van der Waals surface area contributed by atoms with Crippen LogP contribution in [0.3, 0.4) is 0 Å². The standard InChI is InChI=1S/C18H23N3O3/c1-18(2,3)24-17(22)21-9-7-13-5-4-6-14(16(13)21)11-19-12-15-8-10-23-20-15/h4-6,8,10,19H,7,9,11-12H2,1-3H3. The molecule has 6 nitrogen and oxygen atoms in total. The van der Waals surface area contributed by atoms with Gasteiger partial charge in [-0.3, -0.25) is 4.90 Å². The first-order valence-corrected chi connectivity index (χ1v) is 8.15. The highest BCUT2D eigenvalue weighted by Crippen LogP contribution is 2.33. The molecule has 2 aromatic rings. The van der Waals surface area contributed by atoms with Gasteiger partial charge in [-0.2, -0.15) is 0 Å².